The predicted octanol–water partition coefficient (Wildman–Crippen LogP) is 5.90. The largest absolute Gasteiger partial charge is 0.462 e. The number of aromatic nitrogens is 1. The molecular formula is C26H28FNO2. The Balaban J connectivity index is 1.39. The maximum absolute atomic E-state index is 13.5. The van der Waals surface area contributed by atoms with E-state index in [9.17, 15) is 9.18 Å². The lowest BCUT2D eigenvalue weighted by Gasteiger charge is -2.45. The van der Waals surface area contributed by atoms with E-state index in [1.165, 1.54) is 37.8 Å². The molecule has 0 spiro atoms. The molecule has 156 valence electrons. The first kappa shape index (κ1) is 19.5. The summed E-state index contributed by atoms with van der Waals surface area (Å²) in [5, 5.41) is 0. The second-order valence-corrected chi connectivity index (χ2v) is 9.19. The Morgan fingerprint density at radius 3 is 2.80 bits per heavy atom. The number of esters is 1. The van der Waals surface area contributed by atoms with Gasteiger partial charge in [-0.1, -0.05) is 43.5 Å². The molecular weight excluding hydrogens is 377 g/mol. The highest BCUT2D eigenvalue weighted by Crippen LogP contribution is 2.53. The van der Waals surface area contributed by atoms with Crippen LogP contribution in [0.5, 0.6) is 0 Å². The highest BCUT2D eigenvalue weighted by molar-refractivity contribution is 5.75. The summed E-state index contributed by atoms with van der Waals surface area (Å²) in [6, 6.07) is 10.5. The molecule has 0 bridgehead atoms. The van der Waals surface area contributed by atoms with Crippen molar-refractivity contribution in [3.8, 4) is 11.1 Å². The van der Waals surface area contributed by atoms with E-state index in [-0.39, 0.29) is 29.7 Å². The van der Waals surface area contributed by atoms with Gasteiger partial charge in [0.25, 0.3) is 0 Å². The second-order valence-electron chi connectivity index (χ2n) is 9.19. The molecule has 2 aromatic rings. The number of rotatable bonds is 3. The summed E-state index contributed by atoms with van der Waals surface area (Å²) in [5.41, 5.74) is 2.62. The number of carbonyl (C=O) groups excluding carboxylic acids is 1. The van der Waals surface area contributed by atoms with Gasteiger partial charge < -0.3 is 4.74 Å². The Morgan fingerprint density at radius 1 is 1.13 bits per heavy atom. The molecule has 2 aliphatic carbocycles. The number of hydrogen-bond acceptors (Lipinski definition) is 3. The first-order chi connectivity index (χ1) is 14.6. The summed E-state index contributed by atoms with van der Waals surface area (Å²) in [7, 11) is 0. The van der Waals surface area contributed by atoms with Crippen LogP contribution in [0.3, 0.4) is 0 Å². The van der Waals surface area contributed by atoms with E-state index in [1.807, 2.05) is 18.2 Å². The minimum atomic E-state index is -0.243. The number of benzene rings is 1. The molecule has 3 nitrogen and oxygen atoms in total. The minimum Gasteiger partial charge on any atom is -0.462 e. The first-order valence-electron chi connectivity index (χ1n) is 11.2. The van der Waals surface area contributed by atoms with Gasteiger partial charge in [-0.05, 0) is 67.4 Å². The summed E-state index contributed by atoms with van der Waals surface area (Å²) in [4.78, 5) is 17.0. The van der Waals surface area contributed by atoms with Gasteiger partial charge in [0.2, 0.25) is 0 Å². The van der Waals surface area contributed by atoms with Gasteiger partial charge in [0.05, 0.1) is 11.6 Å². The normalized spacial score (nSPS) is 33.2. The Kier molecular flexibility index (Phi) is 5.18. The standard InChI is InChI=1S/C26H28FNO2/c1-16-25-23(22-8-3-2-5-18(22)14-24(25)26(29)30-16)12-11-21-10-9-19(15-28-21)17-6-4-7-20(27)13-17/h4,6-7,9-13,15-16,18,22-25H,2-3,5,8,14H2,1H3/b12-11+/t16?,18?,22?,23?,24?,25-/m1/s1. The zero-order valence-corrected chi connectivity index (χ0v) is 17.3. The van der Waals surface area contributed by atoms with Crippen LogP contribution in [-0.4, -0.2) is 17.1 Å². The highest BCUT2D eigenvalue weighted by Gasteiger charge is 2.53. The Hall–Kier alpha value is -2.49. The SMILES string of the molecule is CC1OC(=O)C2CC3CCCCC3C(/C=C/c3ccc(-c4cccc(F)c4)cn3)[C@@H]12. The van der Waals surface area contributed by atoms with Crippen molar-refractivity contribution in [1.29, 1.82) is 0 Å². The van der Waals surface area contributed by atoms with E-state index in [0.29, 0.717) is 17.8 Å². The molecule has 5 rings (SSSR count). The fourth-order valence-corrected chi connectivity index (χ4v) is 6.14. The van der Waals surface area contributed by atoms with Crippen molar-refractivity contribution < 1.29 is 13.9 Å². The van der Waals surface area contributed by atoms with Crippen LogP contribution in [0, 0.1) is 35.4 Å². The highest BCUT2D eigenvalue weighted by atomic mass is 19.1. The van der Waals surface area contributed by atoms with Crippen molar-refractivity contribution in [3.05, 3.63) is 60.2 Å². The lowest BCUT2D eigenvalue weighted by atomic mass is 9.57. The number of ether oxygens (including phenoxy) is 1. The maximum atomic E-state index is 13.5. The molecule has 1 saturated heterocycles. The number of carbonyl (C=O) groups is 1. The molecule has 0 radical (unpaired) electrons. The van der Waals surface area contributed by atoms with Crippen LogP contribution in [0.1, 0.15) is 44.7 Å². The van der Waals surface area contributed by atoms with Gasteiger partial charge in [0.1, 0.15) is 11.9 Å². The number of nitrogens with zero attached hydrogens (tertiary/aromatic N) is 1. The van der Waals surface area contributed by atoms with Crippen LogP contribution in [0.4, 0.5) is 4.39 Å². The molecule has 5 unspecified atom stereocenters. The molecule has 2 heterocycles. The van der Waals surface area contributed by atoms with E-state index in [4.69, 9.17) is 4.74 Å². The van der Waals surface area contributed by atoms with Gasteiger partial charge in [-0.15, -0.1) is 0 Å². The van der Waals surface area contributed by atoms with E-state index >= 15 is 0 Å². The maximum Gasteiger partial charge on any atom is 0.309 e. The van der Waals surface area contributed by atoms with Gasteiger partial charge in [0, 0.05) is 17.7 Å². The van der Waals surface area contributed by atoms with Crippen LogP contribution < -0.4 is 0 Å². The fourth-order valence-electron chi connectivity index (χ4n) is 6.14. The molecule has 0 N–H and O–H groups in total. The third kappa shape index (κ3) is 3.57. The second kappa shape index (κ2) is 7.98. The topological polar surface area (TPSA) is 39.2 Å². The quantitative estimate of drug-likeness (QED) is 0.597. The van der Waals surface area contributed by atoms with Crippen LogP contribution >= 0.6 is 0 Å². The number of cyclic esters (lactones) is 1. The average molecular weight is 406 g/mol. The molecule has 1 aliphatic heterocycles. The summed E-state index contributed by atoms with van der Waals surface area (Å²) in [6.45, 7) is 2.05. The number of halogens is 1. The molecule has 1 aromatic heterocycles. The summed E-state index contributed by atoms with van der Waals surface area (Å²) in [5.74, 6) is 1.73. The van der Waals surface area contributed by atoms with Crippen molar-refractivity contribution in [3.63, 3.8) is 0 Å². The van der Waals surface area contributed by atoms with E-state index in [1.54, 1.807) is 12.3 Å². The van der Waals surface area contributed by atoms with Gasteiger partial charge in [-0.25, -0.2) is 4.39 Å². The monoisotopic (exact) mass is 405 g/mol. The number of hydrogen-bond donors (Lipinski definition) is 0. The van der Waals surface area contributed by atoms with Gasteiger partial charge in [0.15, 0.2) is 0 Å². The summed E-state index contributed by atoms with van der Waals surface area (Å²) in [6.07, 6.45) is 12.2. The van der Waals surface area contributed by atoms with E-state index in [0.717, 1.165) is 23.2 Å². The predicted molar refractivity (Wildman–Crippen MR) is 115 cm³/mol. The average Bonchev–Trinajstić information content (AvgIpc) is 3.05. The van der Waals surface area contributed by atoms with Crippen LogP contribution in [0.2, 0.25) is 0 Å². The van der Waals surface area contributed by atoms with Gasteiger partial charge in [-0.3, -0.25) is 9.78 Å². The molecule has 6 atom stereocenters. The smallest absolute Gasteiger partial charge is 0.309 e. The zero-order chi connectivity index (χ0) is 20.7. The summed E-state index contributed by atoms with van der Waals surface area (Å²) < 4.78 is 19.1. The lowest BCUT2D eigenvalue weighted by Crippen LogP contribution is -2.42. The Morgan fingerprint density at radius 2 is 2.00 bits per heavy atom. The molecule has 2 saturated carbocycles. The van der Waals surface area contributed by atoms with Crippen LogP contribution in [0.15, 0.2) is 48.7 Å². The van der Waals surface area contributed by atoms with Crippen molar-refractivity contribution >= 4 is 12.0 Å². The molecule has 3 aliphatic rings. The van der Waals surface area contributed by atoms with Gasteiger partial charge in [-0.2, -0.15) is 0 Å². The van der Waals surface area contributed by atoms with Crippen LogP contribution in [0.25, 0.3) is 17.2 Å². The van der Waals surface area contributed by atoms with Gasteiger partial charge >= 0.3 is 5.97 Å². The Labute approximate surface area is 177 Å². The number of allylic oxidation sites excluding steroid dienone is 1. The molecule has 3 fully saturated rings. The van der Waals surface area contributed by atoms with E-state index in [2.05, 4.69) is 24.1 Å². The lowest BCUT2D eigenvalue weighted by molar-refractivity contribution is -0.144. The first-order valence-corrected chi connectivity index (χ1v) is 11.2. The van der Waals surface area contributed by atoms with Crippen molar-refractivity contribution in [2.75, 3.05) is 0 Å². The third-order valence-corrected chi connectivity index (χ3v) is 7.51. The van der Waals surface area contributed by atoms with Crippen molar-refractivity contribution in [1.82, 2.24) is 4.98 Å². The van der Waals surface area contributed by atoms with Crippen LogP contribution in [-0.2, 0) is 9.53 Å². The fraction of sp³-hybridized carbons (Fsp3) is 0.462. The minimum absolute atomic E-state index is 0.00694. The molecule has 1 aromatic carbocycles. The molecule has 0 amide bonds. The number of fused-ring (bicyclic) bond motifs is 2. The molecule has 30 heavy (non-hydrogen) atoms. The molecule has 4 heteroatoms. The Bertz CT molecular complexity index is 954. The van der Waals surface area contributed by atoms with E-state index < -0.39 is 0 Å². The third-order valence-electron chi connectivity index (χ3n) is 7.51. The zero-order valence-electron chi connectivity index (χ0n) is 17.3. The van der Waals surface area contributed by atoms with Crippen molar-refractivity contribution in [2.24, 2.45) is 29.6 Å². The summed E-state index contributed by atoms with van der Waals surface area (Å²) >= 11 is 0. The van der Waals surface area contributed by atoms with Crippen molar-refractivity contribution in [2.45, 2.75) is 45.1 Å². The number of pyridine rings is 1.